The third-order valence-electron chi connectivity index (χ3n) is 5.34. The van der Waals surface area contributed by atoms with E-state index in [0.717, 1.165) is 24.0 Å². The van der Waals surface area contributed by atoms with Crippen LogP contribution in [0, 0.1) is 0 Å². The predicted molar refractivity (Wildman–Crippen MR) is 117 cm³/mol. The number of ether oxygens (including phenoxy) is 1. The van der Waals surface area contributed by atoms with E-state index in [9.17, 15) is 9.90 Å². The number of aromatic nitrogens is 1. The molecule has 0 spiro atoms. The number of carbonyl (C=O) groups excluding carboxylic acids is 1. The maximum atomic E-state index is 13.0. The van der Waals surface area contributed by atoms with Gasteiger partial charge in [-0.25, -0.2) is 9.98 Å². The van der Waals surface area contributed by atoms with Gasteiger partial charge in [-0.15, -0.1) is 0 Å². The number of carbonyl (C=O) groups is 1. The van der Waals surface area contributed by atoms with Gasteiger partial charge in [0.2, 0.25) is 5.88 Å². The van der Waals surface area contributed by atoms with Crippen molar-refractivity contribution in [2.24, 2.45) is 4.99 Å². The minimum atomic E-state index is -0.115. The number of ketones is 1. The van der Waals surface area contributed by atoms with Crippen LogP contribution in [0.2, 0.25) is 0 Å². The summed E-state index contributed by atoms with van der Waals surface area (Å²) in [6, 6.07) is 3.76. The average Bonchev–Trinajstić information content (AvgIpc) is 3.27. The molecule has 1 saturated heterocycles. The van der Waals surface area contributed by atoms with E-state index in [4.69, 9.17) is 9.15 Å². The van der Waals surface area contributed by atoms with E-state index >= 15 is 0 Å². The van der Waals surface area contributed by atoms with Crippen LogP contribution in [-0.4, -0.2) is 47.4 Å². The van der Waals surface area contributed by atoms with Crippen LogP contribution in [0.3, 0.4) is 0 Å². The Hall–Kier alpha value is -2.93. The SMILES string of the molecule is CCCCC(=O)c1c(N2C[C@@H](C)O[C@@H](C)C2)oc(C=C2C=Nc3ncccc32)c1O. The highest BCUT2D eigenvalue weighted by atomic mass is 16.5. The highest BCUT2D eigenvalue weighted by Gasteiger charge is 2.32. The van der Waals surface area contributed by atoms with Crippen LogP contribution in [0.15, 0.2) is 27.7 Å². The standard InChI is InChI=1S/C23H27N3O4/c1-4-5-8-18(27)20-21(28)19(10-16-11-25-22-17(16)7-6-9-24-22)30-23(20)26-12-14(2)29-15(3)13-26/h6-7,9-11,14-15,28H,4-5,8,12-13H2,1-3H3/t14-,15+. The molecule has 158 valence electrons. The molecule has 1 N–H and O–H groups in total. The molecule has 2 aromatic heterocycles. The van der Waals surface area contributed by atoms with Crippen molar-refractivity contribution >= 4 is 35.3 Å². The lowest BCUT2D eigenvalue weighted by atomic mass is 10.0. The number of morpholine rings is 1. The van der Waals surface area contributed by atoms with Crippen LogP contribution in [-0.2, 0) is 4.74 Å². The first-order valence-corrected chi connectivity index (χ1v) is 10.5. The van der Waals surface area contributed by atoms with E-state index in [0.29, 0.717) is 31.2 Å². The molecular weight excluding hydrogens is 382 g/mol. The van der Waals surface area contributed by atoms with Gasteiger partial charge in [0.1, 0.15) is 5.56 Å². The third kappa shape index (κ3) is 3.89. The van der Waals surface area contributed by atoms with Crippen molar-refractivity contribution < 1.29 is 19.1 Å². The van der Waals surface area contributed by atoms with Crippen molar-refractivity contribution in [3.63, 3.8) is 0 Å². The van der Waals surface area contributed by atoms with Crippen LogP contribution in [0.4, 0.5) is 11.7 Å². The second-order valence-electron chi connectivity index (χ2n) is 7.92. The van der Waals surface area contributed by atoms with Gasteiger partial charge in [0.05, 0.1) is 12.2 Å². The predicted octanol–water partition coefficient (Wildman–Crippen LogP) is 4.62. The summed E-state index contributed by atoms with van der Waals surface area (Å²) in [7, 11) is 0. The lowest BCUT2D eigenvalue weighted by Crippen LogP contribution is -2.45. The first-order valence-electron chi connectivity index (χ1n) is 10.5. The molecule has 4 rings (SSSR count). The van der Waals surface area contributed by atoms with Crippen LogP contribution in [0.25, 0.3) is 11.6 Å². The molecule has 2 aromatic rings. The van der Waals surface area contributed by atoms with Gasteiger partial charge in [0, 0.05) is 43.1 Å². The van der Waals surface area contributed by atoms with Crippen molar-refractivity contribution in [1.29, 1.82) is 0 Å². The quantitative estimate of drug-likeness (QED) is 0.700. The van der Waals surface area contributed by atoms with Crippen molar-refractivity contribution in [2.45, 2.75) is 52.2 Å². The molecule has 0 unspecified atom stereocenters. The number of pyridine rings is 1. The summed E-state index contributed by atoms with van der Waals surface area (Å²) >= 11 is 0. The number of Topliss-reactive ketones (excluding diaryl/α,β-unsaturated/α-hetero) is 1. The molecular formula is C23H27N3O4. The lowest BCUT2D eigenvalue weighted by molar-refractivity contribution is -0.00647. The van der Waals surface area contributed by atoms with Crippen LogP contribution < -0.4 is 4.90 Å². The first kappa shape index (κ1) is 20.3. The van der Waals surface area contributed by atoms with E-state index in [1.165, 1.54) is 0 Å². The van der Waals surface area contributed by atoms with Gasteiger partial charge in [-0.3, -0.25) is 4.79 Å². The Morgan fingerprint density at radius 3 is 2.83 bits per heavy atom. The number of fused-ring (bicyclic) bond motifs is 1. The van der Waals surface area contributed by atoms with Crippen LogP contribution in [0.1, 0.15) is 61.7 Å². The number of aromatic hydroxyl groups is 1. The summed E-state index contributed by atoms with van der Waals surface area (Å²) in [5, 5.41) is 11.0. The Balaban J connectivity index is 1.75. The molecule has 0 radical (unpaired) electrons. The minimum absolute atomic E-state index is 0.00121. The van der Waals surface area contributed by atoms with E-state index < -0.39 is 0 Å². The molecule has 0 bridgehead atoms. The average molecular weight is 409 g/mol. The molecule has 4 heterocycles. The Morgan fingerprint density at radius 2 is 2.10 bits per heavy atom. The molecule has 0 saturated carbocycles. The van der Waals surface area contributed by atoms with Gasteiger partial charge in [0.15, 0.2) is 23.1 Å². The Bertz CT molecular complexity index is 998. The molecule has 7 nitrogen and oxygen atoms in total. The second-order valence-corrected chi connectivity index (χ2v) is 7.92. The number of allylic oxidation sites excluding steroid dienone is 1. The molecule has 2 atom stereocenters. The number of hydrogen-bond acceptors (Lipinski definition) is 7. The number of hydrogen-bond donors (Lipinski definition) is 1. The molecule has 0 aliphatic carbocycles. The summed E-state index contributed by atoms with van der Waals surface area (Å²) in [5.41, 5.74) is 1.91. The second kappa shape index (κ2) is 8.44. The fourth-order valence-corrected chi connectivity index (χ4v) is 3.99. The van der Waals surface area contributed by atoms with Crippen molar-refractivity contribution in [3.8, 4) is 5.75 Å². The number of rotatable bonds is 6. The molecule has 0 aromatic carbocycles. The number of aliphatic imine (C=N–C) groups is 1. The fourth-order valence-electron chi connectivity index (χ4n) is 3.99. The maximum Gasteiger partial charge on any atom is 0.211 e. The summed E-state index contributed by atoms with van der Waals surface area (Å²) in [6.45, 7) is 7.21. The van der Waals surface area contributed by atoms with Gasteiger partial charge in [-0.05, 0) is 38.5 Å². The van der Waals surface area contributed by atoms with Gasteiger partial charge in [-0.2, -0.15) is 0 Å². The number of unbranched alkanes of at least 4 members (excludes halogenated alkanes) is 1. The van der Waals surface area contributed by atoms with E-state index in [1.807, 2.05) is 37.8 Å². The largest absolute Gasteiger partial charge is 0.504 e. The van der Waals surface area contributed by atoms with Gasteiger partial charge in [-0.1, -0.05) is 13.3 Å². The fraction of sp³-hybridized carbons (Fsp3) is 0.435. The van der Waals surface area contributed by atoms with Crippen molar-refractivity contribution in [2.75, 3.05) is 18.0 Å². The van der Waals surface area contributed by atoms with Crippen LogP contribution in [0.5, 0.6) is 5.75 Å². The minimum Gasteiger partial charge on any atom is -0.504 e. The Labute approximate surface area is 176 Å². The summed E-state index contributed by atoms with van der Waals surface area (Å²) in [6.07, 6.45) is 7.14. The van der Waals surface area contributed by atoms with Gasteiger partial charge in [0.25, 0.3) is 0 Å². The Kier molecular flexibility index (Phi) is 5.72. The summed E-state index contributed by atoms with van der Waals surface area (Å²) in [4.78, 5) is 23.5. The number of furan rings is 1. The lowest BCUT2D eigenvalue weighted by Gasteiger charge is -2.35. The molecule has 0 amide bonds. The molecule has 1 fully saturated rings. The molecule has 2 aliphatic heterocycles. The van der Waals surface area contributed by atoms with Gasteiger partial charge >= 0.3 is 0 Å². The normalized spacial score (nSPS) is 22.0. The number of nitrogens with zero attached hydrogens (tertiary/aromatic N) is 3. The third-order valence-corrected chi connectivity index (χ3v) is 5.34. The molecule has 30 heavy (non-hydrogen) atoms. The topological polar surface area (TPSA) is 88.2 Å². The highest BCUT2D eigenvalue weighted by molar-refractivity contribution is 6.21. The maximum absolute atomic E-state index is 13.0. The van der Waals surface area contributed by atoms with Crippen LogP contribution >= 0.6 is 0 Å². The number of anilines is 1. The zero-order valence-electron chi connectivity index (χ0n) is 17.6. The van der Waals surface area contributed by atoms with E-state index in [2.05, 4.69) is 9.98 Å². The zero-order valence-corrected chi connectivity index (χ0v) is 17.6. The molecule has 2 aliphatic rings. The van der Waals surface area contributed by atoms with E-state index in [-0.39, 0.29) is 35.1 Å². The van der Waals surface area contributed by atoms with Gasteiger partial charge < -0.3 is 19.2 Å². The molecule has 7 heteroatoms. The van der Waals surface area contributed by atoms with Crippen molar-refractivity contribution in [1.82, 2.24) is 4.98 Å². The highest BCUT2D eigenvalue weighted by Crippen LogP contribution is 2.41. The van der Waals surface area contributed by atoms with Crippen molar-refractivity contribution in [3.05, 3.63) is 35.2 Å². The zero-order chi connectivity index (χ0) is 21.3. The Morgan fingerprint density at radius 1 is 1.33 bits per heavy atom. The smallest absolute Gasteiger partial charge is 0.211 e. The van der Waals surface area contributed by atoms with E-state index in [1.54, 1.807) is 18.5 Å². The summed E-state index contributed by atoms with van der Waals surface area (Å²) in [5.74, 6) is 1.09. The monoisotopic (exact) mass is 409 g/mol. The summed E-state index contributed by atoms with van der Waals surface area (Å²) < 4.78 is 11.9. The first-order chi connectivity index (χ1) is 14.5.